The van der Waals surface area contributed by atoms with Gasteiger partial charge in [0.05, 0.1) is 11.0 Å². The molecule has 0 unspecified atom stereocenters. The van der Waals surface area contributed by atoms with Crippen LogP contribution in [0.4, 0.5) is 0 Å². The summed E-state index contributed by atoms with van der Waals surface area (Å²) in [4.78, 5) is 9.03. The molecule has 0 aliphatic carbocycles. The number of nitrogens with zero attached hydrogens (tertiary/aromatic N) is 3. The summed E-state index contributed by atoms with van der Waals surface area (Å²) < 4.78 is 3.02. The van der Waals surface area contributed by atoms with Crippen molar-refractivity contribution in [2.75, 3.05) is 0 Å². The van der Waals surface area contributed by atoms with Gasteiger partial charge >= 0.3 is 0 Å². The third kappa shape index (κ3) is 2.99. The number of para-hydroxylation sites is 2. The predicted octanol–water partition coefficient (Wildman–Crippen LogP) is 3.68. The zero-order valence-electron chi connectivity index (χ0n) is 12.0. The molecule has 0 saturated heterocycles. The fourth-order valence-corrected chi connectivity index (χ4v) is 2.64. The molecule has 108 valence electrons. The summed E-state index contributed by atoms with van der Waals surface area (Å²) >= 11 is 3.50. The van der Waals surface area contributed by atoms with Gasteiger partial charge in [-0.3, -0.25) is 4.57 Å². The van der Waals surface area contributed by atoms with Crippen LogP contribution in [0.5, 0.6) is 0 Å². The monoisotopic (exact) mass is 344 g/mol. The Bertz CT molecular complexity index is 764. The molecule has 2 aromatic heterocycles. The number of rotatable bonds is 4. The minimum atomic E-state index is 0.427. The van der Waals surface area contributed by atoms with Crippen LogP contribution in [-0.2, 0) is 6.54 Å². The van der Waals surface area contributed by atoms with E-state index < -0.39 is 0 Å². The zero-order chi connectivity index (χ0) is 14.8. The molecule has 0 spiro atoms. The third-order valence-corrected chi connectivity index (χ3v) is 3.73. The highest BCUT2D eigenvalue weighted by Gasteiger charge is 2.11. The van der Waals surface area contributed by atoms with Crippen LogP contribution in [0.25, 0.3) is 16.9 Å². The molecule has 3 aromatic rings. The Morgan fingerprint density at radius 3 is 2.86 bits per heavy atom. The molecular formula is C16H17BrN4. The summed E-state index contributed by atoms with van der Waals surface area (Å²) in [5, 5.41) is 3.44. The minimum absolute atomic E-state index is 0.427. The summed E-state index contributed by atoms with van der Waals surface area (Å²) in [7, 11) is 0. The van der Waals surface area contributed by atoms with Gasteiger partial charge < -0.3 is 5.32 Å². The Kier molecular flexibility index (Phi) is 4.03. The Morgan fingerprint density at radius 2 is 2.05 bits per heavy atom. The second-order valence-electron chi connectivity index (χ2n) is 5.28. The molecule has 0 saturated carbocycles. The first kappa shape index (κ1) is 14.2. The molecule has 0 aliphatic rings. The fourth-order valence-electron chi connectivity index (χ4n) is 2.26. The highest BCUT2D eigenvalue weighted by atomic mass is 79.9. The first-order chi connectivity index (χ1) is 10.1. The number of nitrogens with one attached hydrogen (secondary N) is 1. The lowest BCUT2D eigenvalue weighted by atomic mass is 10.2. The van der Waals surface area contributed by atoms with E-state index in [1.165, 1.54) is 0 Å². The molecule has 5 heteroatoms. The average molecular weight is 345 g/mol. The molecule has 0 amide bonds. The molecule has 0 aliphatic heterocycles. The molecule has 0 atom stereocenters. The number of fused-ring (bicyclic) bond motifs is 1. The van der Waals surface area contributed by atoms with Gasteiger partial charge in [0.1, 0.15) is 12.1 Å². The van der Waals surface area contributed by atoms with Crippen LogP contribution in [0.2, 0.25) is 0 Å². The van der Waals surface area contributed by atoms with Gasteiger partial charge in [0.15, 0.2) is 0 Å². The maximum absolute atomic E-state index is 4.58. The van der Waals surface area contributed by atoms with E-state index in [0.717, 1.165) is 33.4 Å². The van der Waals surface area contributed by atoms with Crippen LogP contribution >= 0.6 is 15.9 Å². The van der Waals surface area contributed by atoms with Gasteiger partial charge in [0.2, 0.25) is 0 Å². The molecule has 1 aromatic carbocycles. The molecule has 1 N–H and O–H groups in total. The number of benzene rings is 1. The number of imidazole rings is 1. The lowest BCUT2D eigenvalue weighted by molar-refractivity contribution is 0.586. The number of aromatic nitrogens is 3. The third-order valence-electron chi connectivity index (χ3n) is 3.29. The van der Waals surface area contributed by atoms with E-state index in [1.807, 2.05) is 35.3 Å². The fraction of sp³-hybridized carbons (Fsp3) is 0.250. The van der Waals surface area contributed by atoms with E-state index in [0.29, 0.717) is 6.04 Å². The molecule has 21 heavy (non-hydrogen) atoms. The Balaban J connectivity index is 2.09. The molecule has 0 radical (unpaired) electrons. The topological polar surface area (TPSA) is 42.7 Å². The van der Waals surface area contributed by atoms with E-state index in [9.17, 15) is 0 Å². The Morgan fingerprint density at radius 1 is 1.24 bits per heavy atom. The summed E-state index contributed by atoms with van der Waals surface area (Å²) in [6.07, 6.45) is 3.66. The van der Waals surface area contributed by atoms with Crippen LogP contribution in [0.3, 0.4) is 0 Å². The number of pyridine rings is 1. The maximum Gasteiger partial charge on any atom is 0.142 e. The van der Waals surface area contributed by atoms with Crippen molar-refractivity contribution in [2.45, 2.75) is 26.4 Å². The van der Waals surface area contributed by atoms with Crippen LogP contribution in [0, 0.1) is 0 Å². The Hall–Kier alpha value is -1.72. The van der Waals surface area contributed by atoms with Crippen molar-refractivity contribution in [1.82, 2.24) is 19.9 Å². The van der Waals surface area contributed by atoms with Crippen molar-refractivity contribution < 1.29 is 0 Å². The standard InChI is InChI=1S/C16H17BrN4/c1-11(2)18-8-12-7-13(17)9-19-16(12)21-10-20-14-5-3-4-6-15(14)21/h3-7,9-11,18H,8H2,1-2H3. The molecular weight excluding hydrogens is 328 g/mol. The van der Waals surface area contributed by atoms with Gasteiger partial charge in [-0.2, -0.15) is 0 Å². The quantitative estimate of drug-likeness (QED) is 0.784. The molecule has 0 fully saturated rings. The second-order valence-corrected chi connectivity index (χ2v) is 6.19. The minimum Gasteiger partial charge on any atom is -0.310 e. The maximum atomic E-state index is 4.58. The van der Waals surface area contributed by atoms with Crippen LogP contribution in [0.15, 0.2) is 47.3 Å². The Labute approximate surface area is 132 Å². The van der Waals surface area contributed by atoms with E-state index in [-0.39, 0.29) is 0 Å². The van der Waals surface area contributed by atoms with Gasteiger partial charge in [-0.1, -0.05) is 26.0 Å². The van der Waals surface area contributed by atoms with Gasteiger partial charge in [0, 0.05) is 28.8 Å². The average Bonchev–Trinajstić information content (AvgIpc) is 2.89. The summed E-state index contributed by atoms with van der Waals surface area (Å²) in [6, 6.07) is 10.6. The van der Waals surface area contributed by atoms with Crippen molar-refractivity contribution >= 4 is 27.0 Å². The van der Waals surface area contributed by atoms with E-state index in [1.54, 1.807) is 0 Å². The molecule has 3 rings (SSSR count). The van der Waals surface area contributed by atoms with Crippen LogP contribution in [0.1, 0.15) is 19.4 Å². The number of hydrogen-bond acceptors (Lipinski definition) is 3. The second kappa shape index (κ2) is 5.95. The molecule has 2 heterocycles. The van der Waals surface area contributed by atoms with Crippen molar-refractivity contribution in [3.05, 3.63) is 52.9 Å². The van der Waals surface area contributed by atoms with Gasteiger partial charge in [-0.15, -0.1) is 0 Å². The first-order valence-electron chi connectivity index (χ1n) is 6.95. The summed E-state index contributed by atoms with van der Waals surface area (Å²) in [6.45, 7) is 5.04. The number of halogens is 1. The summed E-state index contributed by atoms with van der Waals surface area (Å²) in [5.74, 6) is 0.917. The normalized spacial score (nSPS) is 11.4. The van der Waals surface area contributed by atoms with Gasteiger partial charge in [-0.25, -0.2) is 9.97 Å². The highest BCUT2D eigenvalue weighted by Crippen LogP contribution is 2.22. The van der Waals surface area contributed by atoms with Crippen LogP contribution < -0.4 is 5.32 Å². The van der Waals surface area contributed by atoms with Gasteiger partial charge in [-0.05, 0) is 34.1 Å². The SMILES string of the molecule is CC(C)NCc1cc(Br)cnc1-n1cnc2ccccc21. The predicted molar refractivity (Wildman–Crippen MR) is 88.5 cm³/mol. The van der Waals surface area contributed by atoms with Crippen molar-refractivity contribution in [3.8, 4) is 5.82 Å². The largest absolute Gasteiger partial charge is 0.310 e. The zero-order valence-corrected chi connectivity index (χ0v) is 13.6. The van der Waals surface area contributed by atoms with Crippen molar-refractivity contribution in [2.24, 2.45) is 0 Å². The van der Waals surface area contributed by atoms with E-state index >= 15 is 0 Å². The van der Waals surface area contributed by atoms with E-state index in [2.05, 4.69) is 57.2 Å². The molecule has 4 nitrogen and oxygen atoms in total. The molecule has 0 bridgehead atoms. The lowest BCUT2D eigenvalue weighted by Gasteiger charge is -2.13. The van der Waals surface area contributed by atoms with Crippen molar-refractivity contribution in [1.29, 1.82) is 0 Å². The first-order valence-corrected chi connectivity index (χ1v) is 7.74. The van der Waals surface area contributed by atoms with Crippen molar-refractivity contribution in [3.63, 3.8) is 0 Å². The highest BCUT2D eigenvalue weighted by molar-refractivity contribution is 9.10. The smallest absolute Gasteiger partial charge is 0.142 e. The van der Waals surface area contributed by atoms with E-state index in [4.69, 9.17) is 0 Å². The summed E-state index contributed by atoms with van der Waals surface area (Å²) in [5.41, 5.74) is 3.18. The lowest BCUT2D eigenvalue weighted by Crippen LogP contribution is -2.23. The number of hydrogen-bond donors (Lipinski definition) is 1. The van der Waals surface area contributed by atoms with Gasteiger partial charge in [0.25, 0.3) is 0 Å². The van der Waals surface area contributed by atoms with Crippen LogP contribution in [-0.4, -0.2) is 20.6 Å².